The number of amides is 2. The average molecular weight is 527 g/mol. The van der Waals surface area contributed by atoms with Crippen LogP contribution in [0.15, 0.2) is 59.5 Å². The highest BCUT2D eigenvalue weighted by Gasteiger charge is 2.42. The van der Waals surface area contributed by atoms with Crippen LogP contribution in [0, 0.1) is 0 Å². The Balaban J connectivity index is 1.75. The van der Waals surface area contributed by atoms with Crippen molar-refractivity contribution < 1.29 is 23.9 Å². The van der Waals surface area contributed by atoms with Crippen LogP contribution in [0.5, 0.6) is 5.75 Å². The molecule has 36 heavy (non-hydrogen) atoms. The second-order valence-electron chi connectivity index (χ2n) is 7.96. The van der Waals surface area contributed by atoms with Crippen molar-refractivity contribution >= 4 is 52.2 Å². The van der Waals surface area contributed by atoms with E-state index >= 15 is 0 Å². The number of carbonyl (C=O) groups is 3. The Hall–Kier alpha value is -3.17. The average Bonchev–Trinajstić information content (AvgIpc) is 3.16. The summed E-state index contributed by atoms with van der Waals surface area (Å²) in [6, 6.07) is 15.2. The quantitative estimate of drug-likeness (QED) is 0.236. The first-order valence-corrected chi connectivity index (χ1v) is 13.1. The van der Waals surface area contributed by atoms with Crippen LogP contribution in [-0.2, 0) is 19.1 Å². The molecule has 0 aliphatic carbocycles. The Morgan fingerprint density at radius 1 is 1.06 bits per heavy atom. The van der Waals surface area contributed by atoms with Crippen LogP contribution in [0.4, 0.5) is 0 Å². The SMILES string of the molecule is CCCOC(=O)C(c1ccccc1)N1C(=O)/C(=C\c2ccc(OCC(=O)N(CC)CC)cc2)SC1=S. The summed E-state index contributed by atoms with van der Waals surface area (Å²) in [6.07, 6.45) is 2.40. The highest BCUT2D eigenvalue weighted by molar-refractivity contribution is 8.26. The molecule has 2 aromatic rings. The smallest absolute Gasteiger partial charge is 0.333 e. The largest absolute Gasteiger partial charge is 0.484 e. The number of ether oxygens (including phenoxy) is 2. The number of hydrogen-bond acceptors (Lipinski definition) is 7. The van der Waals surface area contributed by atoms with Gasteiger partial charge in [-0.25, -0.2) is 4.79 Å². The van der Waals surface area contributed by atoms with Gasteiger partial charge in [-0.1, -0.05) is 73.4 Å². The van der Waals surface area contributed by atoms with Crippen LogP contribution in [0.2, 0.25) is 0 Å². The standard InChI is InChI=1S/C27H30N2O5S2/c1-4-16-33-26(32)24(20-10-8-7-9-11-20)29-25(31)22(36-27(29)35)17-19-12-14-21(15-13-19)34-18-23(30)28(5-2)6-3/h7-15,17,24H,4-6,16,18H2,1-3H3/b22-17+. The lowest BCUT2D eigenvalue weighted by Crippen LogP contribution is -2.38. The summed E-state index contributed by atoms with van der Waals surface area (Å²) in [5.74, 6) is -0.375. The maximum Gasteiger partial charge on any atom is 0.333 e. The predicted molar refractivity (Wildman–Crippen MR) is 145 cm³/mol. The van der Waals surface area contributed by atoms with Gasteiger partial charge >= 0.3 is 5.97 Å². The Kier molecular flexibility index (Phi) is 10.1. The summed E-state index contributed by atoms with van der Waals surface area (Å²) >= 11 is 6.65. The second kappa shape index (κ2) is 13.2. The molecule has 0 saturated carbocycles. The van der Waals surface area contributed by atoms with Crippen molar-refractivity contribution in [2.24, 2.45) is 0 Å². The Bertz CT molecular complexity index is 1110. The van der Waals surface area contributed by atoms with Crippen molar-refractivity contribution in [2.45, 2.75) is 33.2 Å². The molecule has 2 amide bonds. The first-order valence-electron chi connectivity index (χ1n) is 11.9. The normalized spacial score (nSPS) is 15.2. The molecule has 7 nitrogen and oxygen atoms in total. The molecule has 2 aromatic carbocycles. The first-order chi connectivity index (χ1) is 17.4. The van der Waals surface area contributed by atoms with Gasteiger partial charge in [-0.05, 0) is 49.6 Å². The van der Waals surface area contributed by atoms with Gasteiger partial charge in [0.05, 0.1) is 11.5 Å². The number of likely N-dealkylation sites (N-methyl/N-ethyl adjacent to an activating group) is 1. The van der Waals surface area contributed by atoms with Crippen molar-refractivity contribution in [3.8, 4) is 5.75 Å². The van der Waals surface area contributed by atoms with Crippen LogP contribution < -0.4 is 4.74 Å². The number of thioether (sulfide) groups is 1. The van der Waals surface area contributed by atoms with Gasteiger partial charge in [0.1, 0.15) is 10.1 Å². The lowest BCUT2D eigenvalue weighted by atomic mass is 10.1. The minimum Gasteiger partial charge on any atom is -0.484 e. The van der Waals surface area contributed by atoms with Gasteiger partial charge in [-0.15, -0.1) is 0 Å². The summed E-state index contributed by atoms with van der Waals surface area (Å²) in [6.45, 7) is 7.27. The zero-order valence-electron chi connectivity index (χ0n) is 20.6. The molecule has 9 heteroatoms. The van der Waals surface area contributed by atoms with Gasteiger partial charge in [0, 0.05) is 13.1 Å². The van der Waals surface area contributed by atoms with E-state index in [2.05, 4.69) is 0 Å². The molecule has 1 unspecified atom stereocenters. The third kappa shape index (κ3) is 6.73. The predicted octanol–water partition coefficient (Wildman–Crippen LogP) is 4.83. The number of carbonyl (C=O) groups excluding carboxylic acids is 3. The summed E-state index contributed by atoms with van der Waals surface area (Å²) in [7, 11) is 0. The van der Waals surface area contributed by atoms with E-state index in [0.29, 0.717) is 40.0 Å². The summed E-state index contributed by atoms with van der Waals surface area (Å²) in [5, 5.41) is 0. The van der Waals surface area contributed by atoms with Gasteiger partial charge in [-0.3, -0.25) is 14.5 Å². The van der Waals surface area contributed by atoms with Crippen molar-refractivity contribution in [3.63, 3.8) is 0 Å². The van der Waals surface area contributed by atoms with Gasteiger partial charge < -0.3 is 14.4 Å². The molecule has 1 fully saturated rings. The second-order valence-corrected chi connectivity index (χ2v) is 9.63. The zero-order chi connectivity index (χ0) is 26.1. The minimum atomic E-state index is -0.949. The molecular weight excluding hydrogens is 496 g/mol. The fourth-order valence-electron chi connectivity index (χ4n) is 3.63. The first kappa shape index (κ1) is 27.4. The molecule has 190 valence electrons. The fourth-order valence-corrected chi connectivity index (χ4v) is 4.95. The van der Waals surface area contributed by atoms with Gasteiger partial charge in [0.2, 0.25) is 0 Å². The number of hydrogen-bond donors (Lipinski definition) is 0. The van der Waals surface area contributed by atoms with Crippen LogP contribution in [-0.4, -0.2) is 58.2 Å². The Labute approximate surface area is 221 Å². The van der Waals surface area contributed by atoms with E-state index in [-0.39, 0.29) is 25.0 Å². The molecule has 1 aliphatic rings. The maximum absolute atomic E-state index is 13.4. The summed E-state index contributed by atoms with van der Waals surface area (Å²) in [4.78, 5) is 41.9. The van der Waals surface area contributed by atoms with E-state index in [4.69, 9.17) is 21.7 Å². The number of rotatable bonds is 11. The van der Waals surface area contributed by atoms with Crippen LogP contribution in [0.3, 0.4) is 0 Å². The lowest BCUT2D eigenvalue weighted by molar-refractivity contribution is -0.151. The molecule has 0 aromatic heterocycles. The molecule has 3 rings (SSSR count). The summed E-state index contributed by atoms with van der Waals surface area (Å²) in [5.41, 5.74) is 1.40. The van der Waals surface area contributed by atoms with E-state index in [1.807, 2.05) is 39.0 Å². The third-order valence-corrected chi connectivity index (χ3v) is 6.86. The maximum atomic E-state index is 13.4. The van der Waals surface area contributed by atoms with Crippen LogP contribution in [0.25, 0.3) is 6.08 Å². The Morgan fingerprint density at radius 2 is 1.72 bits per heavy atom. The Morgan fingerprint density at radius 3 is 2.33 bits per heavy atom. The zero-order valence-corrected chi connectivity index (χ0v) is 22.3. The third-order valence-electron chi connectivity index (χ3n) is 5.53. The van der Waals surface area contributed by atoms with Crippen molar-refractivity contribution in [1.82, 2.24) is 9.80 Å². The minimum absolute atomic E-state index is 0.0330. The highest BCUT2D eigenvalue weighted by Crippen LogP contribution is 2.39. The number of benzene rings is 2. The molecule has 1 aliphatic heterocycles. The number of nitrogens with zero attached hydrogens (tertiary/aromatic N) is 2. The molecule has 0 bridgehead atoms. The van der Waals surface area contributed by atoms with Gasteiger partial charge in [0.15, 0.2) is 12.6 Å². The number of esters is 1. The highest BCUT2D eigenvalue weighted by atomic mass is 32.2. The van der Waals surface area contributed by atoms with Gasteiger partial charge in [-0.2, -0.15) is 0 Å². The van der Waals surface area contributed by atoms with Gasteiger partial charge in [0.25, 0.3) is 11.8 Å². The van der Waals surface area contributed by atoms with Crippen molar-refractivity contribution in [1.29, 1.82) is 0 Å². The van der Waals surface area contributed by atoms with E-state index in [0.717, 1.165) is 17.3 Å². The van der Waals surface area contributed by atoms with Crippen LogP contribution in [0.1, 0.15) is 44.4 Å². The molecule has 0 spiro atoms. The van der Waals surface area contributed by atoms with Crippen molar-refractivity contribution in [2.75, 3.05) is 26.3 Å². The fraction of sp³-hybridized carbons (Fsp3) is 0.333. The van der Waals surface area contributed by atoms with E-state index < -0.39 is 12.0 Å². The molecular formula is C27H30N2O5S2. The lowest BCUT2D eigenvalue weighted by Gasteiger charge is -2.25. The van der Waals surface area contributed by atoms with Crippen LogP contribution >= 0.6 is 24.0 Å². The molecule has 1 atom stereocenters. The molecule has 0 N–H and O–H groups in total. The molecule has 0 radical (unpaired) electrons. The van der Waals surface area contributed by atoms with E-state index in [1.165, 1.54) is 4.90 Å². The monoisotopic (exact) mass is 526 g/mol. The van der Waals surface area contributed by atoms with E-state index in [1.54, 1.807) is 47.4 Å². The van der Waals surface area contributed by atoms with E-state index in [9.17, 15) is 14.4 Å². The number of thiocarbonyl (C=S) groups is 1. The topological polar surface area (TPSA) is 76.1 Å². The van der Waals surface area contributed by atoms with Crippen molar-refractivity contribution in [3.05, 3.63) is 70.6 Å². The molecule has 1 heterocycles. The summed E-state index contributed by atoms with van der Waals surface area (Å²) < 4.78 is 11.3. The molecule has 1 saturated heterocycles.